The molecule has 0 aliphatic rings. The van der Waals surface area contributed by atoms with Gasteiger partial charge >= 0.3 is 5.97 Å². The summed E-state index contributed by atoms with van der Waals surface area (Å²) in [6, 6.07) is 5.58. The molecular weight excluding hydrogens is 280 g/mol. The zero-order valence-electron chi connectivity index (χ0n) is 11.2. The van der Waals surface area contributed by atoms with Crippen LogP contribution >= 0.6 is 11.6 Å². The van der Waals surface area contributed by atoms with Crippen molar-refractivity contribution in [3.63, 3.8) is 0 Å². The Bertz CT molecular complexity index is 606. The molecule has 0 radical (unpaired) electrons. The van der Waals surface area contributed by atoms with E-state index in [-0.39, 0.29) is 12.3 Å². The minimum atomic E-state index is -0.828. The predicted octanol–water partition coefficient (Wildman–Crippen LogP) is 2.41. The monoisotopic (exact) mass is 294 g/mol. The number of aryl methyl sites for hydroxylation is 1. The summed E-state index contributed by atoms with van der Waals surface area (Å²) in [5.74, 6) is -0.298. The first-order chi connectivity index (χ1) is 9.45. The Morgan fingerprint density at radius 2 is 2.20 bits per heavy atom. The maximum atomic E-state index is 10.7. The van der Waals surface area contributed by atoms with Crippen molar-refractivity contribution in [1.29, 1.82) is 0 Å². The van der Waals surface area contributed by atoms with Crippen molar-refractivity contribution in [2.75, 3.05) is 0 Å². The van der Waals surface area contributed by atoms with E-state index in [1.165, 1.54) is 0 Å². The maximum Gasteiger partial charge on any atom is 0.303 e. The van der Waals surface area contributed by atoms with Gasteiger partial charge in [0.25, 0.3) is 0 Å². The lowest BCUT2D eigenvalue weighted by molar-refractivity contribution is -0.138. The standard InChI is InChI=1S/C13H15ClN4O2/c1-8-3-10(6-11(14)4-8)13-15-16-17-18(13)7-9(2)5-12(19)20/h3-4,6,9H,5,7H2,1-2H3,(H,19,20). The lowest BCUT2D eigenvalue weighted by Gasteiger charge is -2.10. The van der Waals surface area contributed by atoms with Crippen molar-refractivity contribution in [3.05, 3.63) is 28.8 Å². The molecule has 0 bridgehead atoms. The molecular formula is C13H15ClN4O2. The third kappa shape index (κ3) is 3.54. The van der Waals surface area contributed by atoms with E-state index in [4.69, 9.17) is 16.7 Å². The highest BCUT2D eigenvalue weighted by molar-refractivity contribution is 6.30. The summed E-state index contributed by atoms with van der Waals surface area (Å²) in [5.41, 5.74) is 1.84. The Balaban J connectivity index is 2.26. The number of aliphatic carboxylic acids is 1. The molecule has 1 heterocycles. The lowest BCUT2D eigenvalue weighted by Crippen LogP contribution is -2.14. The van der Waals surface area contributed by atoms with E-state index in [2.05, 4.69) is 15.5 Å². The molecule has 2 aromatic rings. The number of halogens is 1. The van der Waals surface area contributed by atoms with Gasteiger partial charge in [-0.2, -0.15) is 0 Å². The van der Waals surface area contributed by atoms with E-state index in [0.717, 1.165) is 11.1 Å². The molecule has 20 heavy (non-hydrogen) atoms. The zero-order valence-corrected chi connectivity index (χ0v) is 12.0. The third-order valence-electron chi connectivity index (χ3n) is 2.84. The molecule has 0 aliphatic heterocycles. The number of benzene rings is 1. The van der Waals surface area contributed by atoms with Gasteiger partial charge in [0.2, 0.25) is 0 Å². The number of carboxylic acids is 1. The largest absolute Gasteiger partial charge is 0.481 e. The molecule has 0 saturated heterocycles. The van der Waals surface area contributed by atoms with Gasteiger partial charge in [-0.15, -0.1) is 5.10 Å². The van der Waals surface area contributed by atoms with Crippen LogP contribution in [0.2, 0.25) is 5.02 Å². The first-order valence-electron chi connectivity index (χ1n) is 6.21. The normalized spacial score (nSPS) is 12.3. The highest BCUT2D eigenvalue weighted by Crippen LogP contribution is 2.23. The number of aromatic nitrogens is 4. The molecule has 7 heteroatoms. The third-order valence-corrected chi connectivity index (χ3v) is 3.06. The number of hydrogen-bond donors (Lipinski definition) is 1. The van der Waals surface area contributed by atoms with Crippen molar-refractivity contribution in [1.82, 2.24) is 20.2 Å². The molecule has 106 valence electrons. The first kappa shape index (κ1) is 14.5. The molecule has 1 atom stereocenters. The van der Waals surface area contributed by atoms with E-state index in [9.17, 15) is 4.79 Å². The Morgan fingerprint density at radius 1 is 1.45 bits per heavy atom. The van der Waals surface area contributed by atoms with Crippen molar-refractivity contribution in [2.24, 2.45) is 5.92 Å². The Kier molecular flexibility index (Phi) is 4.34. The average Bonchev–Trinajstić information content (AvgIpc) is 2.74. The minimum Gasteiger partial charge on any atom is -0.481 e. The summed E-state index contributed by atoms with van der Waals surface area (Å²) in [7, 11) is 0. The van der Waals surface area contributed by atoms with Gasteiger partial charge in [0.15, 0.2) is 5.82 Å². The topological polar surface area (TPSA) is 80.9 Å². The van der Waals surface area contributed by atoms with Gasteiger partial charge in [-0.05, 0) is 47.0 Å². The Morgan fingerprint density at radius 3 is 2.85 bits per heavy atom. The SMILES string of the molecule is Cc1cc(Cl)cc(-c2nnnn2CC(C)CC(=O)O)c1. The van der Waals surface area contributed by atoms with Gasteiger partial charge in [-0.3, -0.25) is 4.79 Å². The number of carboxylic acid groups (broad SMARTS) is 1. The van der Waals surface area contributed by atoms with E-state index in [1.54, 1.807) is 10.7 Å². The smallest absolute Gasteiger partial charge is 0.303 e. The van der Waals surface area contributed by atoms with Crippen LogP contribution in [0, 0.1) is 12.8 Å². The van der Waals surface area contributed by atoms with Crippen LogP contribution in [0.4, 0.5) is 0 Å². The minimum absolute atomic E-state index is 0.0602. The van der Waals surface area contributed by atoms with Crippen LogP contribution in [0.25, 0.3) is 11.4 Å². The molecule has 0 spiro atoms. The van der Waals surface area contributed by atoms with Crippen molar-refractivity contribution in [3.8, 4) is 11.4 Å². The highest BCUT2D eigenvalue weighted by Gasteiger charge is 2.14. The second kappa shape index (κ2) is 6.00. The number of hydrogen-bond acceptors (Lipinski definition) is 4. The molecule has 0 aliphatic carbocycles. The number of carbonyl (C=O) groups is 1. The number of nitrogens with zero attached hydrogens (tertiary/aromatic N) is 4. The molecule has 1 N–H and O–H groups in total. The second-order valence-electron chi connectivity index (χ2n) is 4.90. The molecule has 1 unspecified atom stereocenters. The molecule has 1 aromatic heterocycles. The maximum absolute atomic E-state index is 10.7. The van der Waals surface area contributed by atoms with Gasteiger partial charge in [-0.1, -0.05) is 18.5 Å². The summed E-state index contributed by atoms with van der Waals surface area (Å²) in [5, 5.41) is 21.0. The van der Waals surface area contributed by atoms with Gasteiger partial charge in [0.05, 0.1) is 0 Å². The molecule has 0 saturated carbocycles. The van der Waals surface area contributed by atoms with E-state index >= 15 is 0 Å². The molecule has 0 fully saturated rings. The van der Waals surface area contributed by atoms with Crippen LogP contribution in [-0.4, -0.2) is 31.3 Å². The highest BCUT2D eigenvalue weighted by atomic mass is 35.5. The van der Waals surface area contributed by atoms with Gasteiger partial charge < -0.3 is 5.11 Å². The van der Waals surface area contributed by atoms with Gasteiger partial charge in [0, 0.05) is 23.6 Å². The summed E-state index contributed by atoms with van der Waals surface area (Å²) < 4.78 is 1.61. The van der Waals surface area contributed by atoms with Crippen LogP contribution < -0.4 is 0 Å². The number of tetrazole rings is 1. The summed E-state index contributed by atoms with van der Waals surface area (Å²) >= 11 is 6.04. The van der Waals surface area contributed by atoms with E-state index in [1.807, 2.05) is 26.0 Å². The quantitative estimate of drug-likeness (QED) is 0.916. The summed E-state index contributed by atoms with van der Waals surface area (Å²) in [6.07, 6.45) is 0.0773. The van der Waals surface area contributed by atoms with Crippen molar-refractivity contribution >= 4 is 17.6 Å². The molecule has 2 rings (SSSR count). The predicted molar refractivity (Wildman–Crippen MR) is 74.4 cm³/mol. The molecule has 1 aromatic carbocycles. The van der Waals surface area contributed by atoms with E-state index in [0.29, 0.717) is 17.4 Å². The van der Waals surface area contributed by atoms with Crippen molar-refractivity contribution in [2.45, 2.75) is 26.8 Å². The number of rotatable bonds is 5. The second-order valence-corrected chi connectivity index (χ2v) is 5.34. The van der Waals surface area contributed by atoms with Gasteiger partial charge in [-0.25, -0.2) is 4.68 Å². The summed E-state index contributed by atoms with van der Waals surface area (Å²) in [4.78, 5) is 10.7. The fraction of sp³-hybridized carbons (Fsp3) is 0.385. The average molecular weight is 295 g/mol. The van der Waals surface area contributed by atoms with Crippen LogP contribution in [0.5, 0.6) is 0 Å². The lowest BCUT2D eigenvalue weighted by atomic mass is 10.1. The van der Waals surface area contributed by atoms with Crippen molar-refractivity contribution < 1.29 is 9.90 Å². The van der Waals surface area contributed by atoms with Crippen LogP contribution in [0.1, 0.15) is 18.9 Å². The van der Waals surface area contributed by atoms with Crippen LogP contribution in [0.15, 0.2) is 18.2 Å². The van der Waals surface area contributed by atoms with Crippen LogP contribution in [-0.2, 0) is 11.3 Å². The molecule has 6 nitrogen and oxygen atoms in total. The zero-order chi connectivity index (χ0) is 14.7. The Labute approximate surface area is 121 Å². The molecule has 0 amide bonds. The fourth-order valence-electron chi connectivity index (χ4n) is 2.06. The Hall–Kier alpha value is -1.95. The van der Waals surface area contributed by atoms with E-state index < -0.39 is 5.97 Å². The fourth-order valence-corrected chi connectivity index (χ4v) is 2.35. The summed E-state index contributed by atoms with van der Waals surface area (Å²) in [6.45, 7) is 4.24. The first-order valence-corrected chi connectivity index (χ1v) is 6.59. The van der Waals surface area contributed by atoms with Crippen LogP contribution in [0.3, 0.4) is 0 Å². The van der Waals surface area contributed by atoms with Gasteiger partial charge in [0.1, 0.15) is 0 Å².